The predicted molar refractivity (Wildman–Crippen MR) is 69.1 cm³/mol. The van der Waals surface area contributed by atoms with Crippen molar-refractivity contribution in [2.24, 2.45) is 0 Å². The van der Waals surface area contributed by atoms with E-state index in [1.807, 2.05) is 0 Å². The Hall–Kier alpha value is -2.70. The van der Waals surface area contributed by atoms with E-state index in [1.54, 1.807) is 0 Å². The monoisotopic (exact) mass is 280 g/mol. The van der Waals surface area contributed by atoms with Gasteiger partial charge in [-0.05, 0) is 6.07 Å². The minimum atomic E-state index is -1.35. The lowest BCUT2D eigenvalue weighted by Crippen LogP contribution is -2.08. The van der Waals surface area contributed by atoms with Crippen LogP contribution in [-0.2, 0) is 0 Å². The van der Waals surface area contributed by atoms with Crippen LogP contribution in [0.5, 0.6) is 17.2 Å². The Kier molecular flexibility index (Phi) is 3.51. The standard InChI is InChI=1S/C13H12O7/c1-17-8-5-7-6(10(18-2)11(8)19-3)4-9(12(14)15)20-13(7)16/h4-5H,1-3H3,(H,14,15). The lowest BCUT2D eigenvalue weighted by atomic mass is 10.1. The first-order valence-electron chi connectivity index (χ1n) is 5.53. The number of hydrogen-bond acceptors (Lipinski definition) is 6. The van der Waals surface area contributed by atoms with E-state index in [0.717, 1.165) is 0 Å². The van der Waals surface area contributed by atoms with Gasteiger partial charge in [0.2, 0.25) is 11.5 Å². The molecule has 106 valence electrons. The van der Waals surface area contributed by atoms with Crippen molar-refractivity contribution in [3.05, 3.63) is 28.3 Å². The average Bonchev–Trinajstić information content (AvgIpc) is 2.44. The van der Waals surface area contributed by atoms with Gasteiger partial charge in [-0.2, -0.15) is 0 Å². The van der Waals surface area contributed by atoms with Gasteiger partial charge in [-0.25, -0.2) is 9.59 Å². The number of ether oxygens (including phenoxy) is 3. The van der Waals surface area contributed by atoms with E-state index in [2.05, 4.69) is 0 Å². The number of rotatable bonds is 4. The highest BCUT2D eigenvalue weighted by Crippen LogP contribution is 2.42. The number of fused-ring (bicyclic) bond motifs is 1. The molecule has 0 saturated heterocycles. The molecule has 0 aliphatic heterocycles. The number of benzene rings is 1. The molecule has 0 amide bonds. The largest absolute Gasteiger partial charge is 0.493 e. The fourth-order valence-electron chi connectivity index (χ4n) is 1.91. The minimum absolute atomic E-state index is 0.143. The molecule has 0 unspecified atom stereocenters. The maximum absolute atomic E-state index is 11.9. The van der Waals surface area contributed by atoms with Gasteiger partial charge in [-0.15, -0.1) is 0 Å². The summed E-state index contributed by atoms with van der Waals surface area (Å²) in [7, 11) is 4.21. The second-order valence-corrected chi connectivity index (χ2v) is 3.81. The highest BCUT2D eigenvalue weighted by atomic mass is 16.5. The summed E-state index contributed by atoms with van der Waals surface area (Å²) in [5.74, 6) is -1.07. The molecule has 7 heteroatoms. The van der Waals surface area contributed by atoms with Gasteiger partial charge in [-0.3, -0.25) is 0 Å². The summed E-state index contributed by atoms with van der Waals surface area (Å²) >= 11 is 0. The Bertz CT molecular complexity index is 730. The van der Waals surface area contributed by atoms with E-state index in [0.29, 0.717) is 0 Å². The highest BCUT2D eigenvalue weighted by Gasteiger charge is 2.20. The number of carbonyl (C=O) groups is 1. The van der Waals surface area contributed by atoms with Crippen molar-refractivity contribution < 1.29 is 28.5 Å². The van der Waals surface area contributed by atoms with Crippen LogP contribution < -0.4 is 19.8 Å². The average molecular weight is 280 g/mol. The molecule has 2 aromatic rings. The molecule has 1 N–H and O–H groups in total. The Balaban J connectivity index is 2.96. The van der Waals surface area contributed by atoms with Gasteiger partial charge in [-0.1, -0.05) is 0 Å². The number of hydrogen-bond donors (Lipinski definition) is 1. The number of carboxylic acids is 1. The molecule has 0 atom stereocenters. The van der Waals surface area contributed by atoms with Crippen molar-refractivity contribution in [1.29, 1.82) is 0 Å². The fraction of sp³-hybridized carbons (Fsp3) is 0.231. The number of carboxylic acid groups (broad SMARTS) is 1. The molecule has 0 spiro atoms. The maximum Gasteiger partial charge on any atom is 0.371 e. The molecular weight excluding hydrogens is 268 g/mol. The van der Waals surface area contributed by atoms with Crippen LogP contribution in [0.25, 0.3) is 10.8 Å². The molecule has 2 rings (SSSR count). The Labute approximate surface area is 113 Å². The SMILES string of the molecule is COc1cc2c(=O)oc(C(=O)O)cc2c(OC)c1OC. The van der Waals surface area contributed by atoms with Gasteiger partial charge in [0.25, 0.3) is 0 Å². The zero-order chi connectivity index (χ0) is 14.9. The normalized spacial score (nSPS) is 10.3. The van der Waals surface area contributed by atoms with Crippen molar-refractivity contribution in [1.82, 2.24) is 0 Å². The smallest absolute Gasteiger partial charge is 0.371 e. The van der Waals surface area contributed by atoms with Crippen molar-refractivity contribution >= 4 is 16.7 Å². The number of methoxy groups -OCH3 is 3. The molecule has 7 nitrogen and oxygen atoms in total. The molecule has 1 aromatic carbocycles. The number of aromatic carboxylic acids is 1. The molecule has 20 heavy (non-hydrogen) atoms. The van der Waals surface area contributed by atoms with Crippen LogP contribution in [-0.4, -0.2) is 32.4 Å². The zero-order valence-corrected chi connectivity index (χ0v) is 11.1. The molecular formula is C13H12O7. The first-order chi connectivity index (χ1) is 9.53. The zero-order valence-electron chi connectivity index (χ0n) is 11.1. The summed E-state index contributed by atoms with van der Waals surface area (Å²) in [5, 5.41) is 9.35. The first kappa shape index (κ1) is 13.7. The maximum atomic E-state index is 11.9. The van der Waals surface area contributed by atoms with Gasteiger partial charge in [0.05, 0.1) is 26.7 Å². The third-order valence-corrected chi connectivity index (χ3v) is 2.78. The van der Waals surface area contributed by atoms with E-state index in [-0.39, 0.29) is 28.0 Å². The van der Waals surface area contributed by atoms with Gasteiger partial charge in [0.1, 0.15) is 0 Å². The molecule has 1 aromatic heterocycles. The summed E-state index contributed by atoms with van der Waals surface area (Å²) < 4.78 is 20.2. The Morgan fingerprint density at radius 1 is 1.05 bits per heavy atom. The molecule has 0 fully saturated rings. The Morgan fingerprint density at radius 2 is 1.70 bits per heavy atom. The molecule has 0 radical (unpaired) electrons. The van der Waals surface area contributed by atoms with Gasteiger partial charge in [0, 0.05) is 11.5 Å². The van der Waals surface area contributed by atoms with Crippen LogP contribution in [0.1, 0.15) is 10.6 Å². The van der Waals surface area contributed by atoms with Crippen LogP contribution in [0.2, 0.25) is 0 Å². The van der Waals surface area contributed by atoms with Crippen LogP contribution in [0.3, 0.4) is 0 Å². The minimum Gasteiger partial charge on any atom is -0.493 e. The van der Waals surface area contributed by atoms with Crippen LogP contribution in [0.4, 0.5) is 0 Å². The molecule has 0 aliphatic rings. The summed E-state index contributed by atoms with van der Waals surface area (Å²) in [6, 6.07) is 2.62. The van der Waals surface area contributed by atoms with Crippen molar-refractivity contribution in [2.45, 2.75) is 0 Å². The Morgan fingerprint density at radius 3 is 2.20 bits per heavy atom. The molecule has 0 aliphatic carbocycles. The summed E-state index contributed by atoms with van der Waals surface area (Å²) in [6.07, 6.45) is 0. The summed E-state index contributed by atoms with van der Waals surface area (Å²) in [5.41, 5.74) is -0.792. The molecule has 0 bridgehead atoms. The second kappa shape index (κ2) is 5.12. The van der Waals surface area contributed by atoms with Crippen LogP contribution in [0.15, 0.2) is 21.3 Å². The van der Waals surface area contributed by atoms with Crippen LogP contribution >= 0.6 is 0 Å². The van der Waals surface area contributed by atoms with Crippen molar-refractivity contribution in [2.75, 3.05) is 21.3 Å². The quantitative estimate of drug-likeness (QED) is 0.906. The van der Waals surface area contributed by atoms with E-state index in [4.69, 9.17) is 23.7 Å². The molecule has 1 heterocycles. The topological polar surface area (TPSA) is 95.2 Å². The summed E-state index contributed by atoms with van der Waals surface area (Å²) in [4.78, 5) is 22.8. The first-order valence-corrected chi connectivity index (χ1v) is 5.53. The third kappa shape index (κ3) is 2.03. The van der Waals surface area contributed by atoms with Crippen LogP contribution in [0, 0.1) is 0 Å². The van der Waals surface area contributed by atoms with E-state index in [1.165, 1.54) is 33.5 Å². The third-order valence-electron chi connectivity index (χ3n) is 2.78. The lowest BCUT2D eigenvalue weighted by Gasteiger charge is -2.14. The van der Waals surface area contributed by atoms with Gasteiger partial charge in [0.15, 0.2) is 11.5 Å². The van der Waals surface area contributed by atoms with Gasteiger partial charge < -0.3 is 23.7 Å². The summed E-state index contributed by atoms with van der Waals surface area (Å²) in [6.45, 7) is 0. The van der Waals surface area contributed by atoms with Gasteiger partial charge >= 0.3 is 11.6 Å². The predicted octanol–water partition coefficient (Wildman–Crippen LogP) is 1.52. The van der Waals surface area contributed by atoms with Crippen molar-refractivity contribution in [3.63, 3.8) is 0 Å². The highest BCUT2D eigenvalue weighted by molar-refractivity contribution is 5.96. The van der Waals surface area contributed by atoms with E-state index < -0.39 is 17.4 Å². The second-order valence-electron chi connectivity index (χ2n) is 3.81. The van der Waals surface area contributed by atoms with Crippen molar-refractivity contribution in [3.8, 4) is 17.2 Å². The lowest BCUT2D eigenvalue weighted by molar-refractivity contribution is 0.0658. The van der Waals surface area contributed by atoms with E-state index >= 15 is 0 Å². The van der Waals surface area contributed by atoms with E-state index in [9.17, 15) is 9.59 Å². The molecule has 0 saturated carbocycles. The fourth-order valence-corrected chi connectivity index (χ4v) is 1.91.